The van der Waals surface area contributed by atoms with Gasteiger partial charge in [-0.15, -0.1) is 0 Å². The summed E-state index contributed by atoms with van der Waals surface area (Å²) in [6.07, 6.45) is 1.76. The van der Waals surface area contributed by atoms with Crippen molar-refractivity contribution in [1.29, 1.82) is 0 Å². The third-order valence-corrected chi connectivity index (χ3v) is 2.17. The lowest BCUT2D eigenvalue weighted by Gasteiger charge is -2.10. The largest absolute Gasteiger partial charge is 0.319 e. The number of hydrogen-bond donors (Lipinski definition) is 1. The van der Waals surface area contributed by atoms with Gasteiger partial charge in [-0.1, -0.05) is 36.4 Å². The van der Waals surface area contributed by atoms with Gasteiger partial charge in [0.15, 0.2) is 0 Å². The average molecular weight is 184 g/mol. The van der Waals surface area contributed by atoms with Crippen LogP contribution in [0.2, 0.25) is 0 Å². The summed E-state index contributed by atoms with van der Waals surface area (Å²) in [4.78, 5) is 4.23. The molecule has 2 rings (SSSR count). The molecule has 2 heteroatoms. The first-order valence-electron chi connectivity index (χ1n) is 4.59. The molecule has 0 aliphatic rings. The van der Waals surface area contributed by atoms with Crippen LogP contribution < -0.4 is 5.73 Å². The summed E-state index contributed by atoms with van der Waals surface area (Å²) in [5.41, 5.74) is 8.04. The number of nitrogens with two attached hydrogens (primary N) is 1. The smallest absolute Gasteiger partial charge is 0.0726 e. The van der Waals surface area contributed by atoms with Crippen molar-refractivity contribution in [2.75, 3.05) is 0 Å². The molecule has 14 heavy (non-hydrogen) atoms. The van der Waals surface area contributed by atoms with Crippen molar-refractivity contribution in [3.05, 3.63) is 66.0 Å². The molecule has 0 bridgehead atoms. The Hall–Kier alpha value is -1.67. The second-order valence-electron chi connectivity index (χ2n) is 3.14. The summed E-state index contributed by atoms with van der Waals surface area (Å²) in [5, 5.41) is 0. The van der Waals surface area contributed by atoms with Gasteiger partial charge in [0.1, 0.15) is 0 Å². The zero-order valence-corrected chi connectivity index (χ0v) is 7.80. The lowest BCUT2D eigenvalue weighted by atomic mass is 10.0. The van der Waals surface area contributed by atoms with Gasteiger partial charge in [-0.2, -0.15) is 0 Å². The van der Waals surface area contributed by atoms with Crippen LogP contribution in [-0.2, 0) is 0 Å². The molecular weight excluding hydrogens is 172 g/mol. The lowest BCUT2D eigenvalue weighted by Crippen LogP contribution is -2.12. The summed E-state index contributed by atoms with van der Waals surface area (Å²) < 4.78 is 0. The van der Waals surface area contributed by atoms with E-state index in [1.807, 2.05) is 48.5 Å². The van der Waals surface area contributed by atoms with Crippen LogP contribution >= 0.6 is 0 Å². The van der Waals surface area contributed by atoms with Gasteiger partial charge in [-0.3, -0.25) is 4.98 Å². The maximum Gasteiger partial charge on any atom is 0.0726 e. The molecule has 1 aromatic carbocycles. The van der Waals surface area contributed by atoms with Gasteiger partial charge >= 0.3 is 0 Å². The quantitative estimate of drug-likeness (QED) is 0.776. The van der Waals surface area contributed by atoms with Gasteiger partial charge < -0.3 is 5.73 Å². The Balaban J connectivity index is 2.30. The topological polar surface area (TPSA) is 38.9 Å². The van der Waals surface area contributed by atoms with Crippen LogP contribution in [0.25, 0.3) is 0 Å². The second-order valence-corrected chi connectivity index (χ2v) is 3.14. The number of benzene rings is 1. The molecule has 2 N–H and O–H groups in total. The molecule has 0 radical (unpaired) electrons. The molecule has 0 fully saturated rings. The molecule has 2 aromatic rings. The van der Waals surface area contributed by atoms with Crippen molar-refractivity contribution in [2.24, 2.45) is 5.73 Å². The van der Waals surface area contributed by atoms with Crippen molar-refractivity contribution < 1.29 is 0 Å². The Kier molecular flexibility index (Phi) is 2.56. The number of nitrogens with zero attached hydrogens (tertiary/aromatic N) is 1. The number of pyridine rings is 1. The Labute approximate surface area is 83.4 Å². The molecule has 2 nitrogen and oxygen atoms in total. The van der Waals surface area contributed by atoms with Crippen molar-refractivity contribution in [3.63, 3.8) is 0 Å². The Morgan fingerprint density at radius 2 is 1.64 bits per heavy atom. The number of aromatic nitrogens is 1. The molecule has 0 unspecified atom stereocenters. The maximum absolute atomic E-state index is 6.05. The predicted molar refractivity (Wildman–Crippen MR) is 56.7 cm³/mol. The van der Waals surface area contributed by atoms with E-state index in [0.29, 0.717) is 0 Å². The summed E-state index contributed by atoms with van der Waals surface area (Å²) in [7, 11) is 0. The SMILES string of the molecule is N[C@H](c1ccccc1)c1ccccn1. The van der Waals surface area contributed by atoms with E-state index in [1.165, 1.54) is 0 Å². The van der Waals surface area contributed by atoms with Crippen LogP contribution in [0.4, 0.5) is 0 Å². The Morgan fingerprint density at radius 1 is 0.929 bits per heavy atom. The zero-order chi connectivity index (χ0) is 9.80. The lowest BCUT2D eigenvalue weighted by molar-refractivity contribution is 0.829. The fraction of sp³-hybridized carbons (Fsp3) is 0.0833. The highest BCUT2D eigenvalue weighted by atomic mass is 14.8. The summed E-state index contributed by atoms with van der Waals surface area (Å²) >= 11 is 0. The average Bonchev–Trinajstić information content (AvgIpc) is 2.30. The van der Waals surface area contributed by atoms with E-state index >= 15 is 0 Å². The normalized spacial score (nSPS) is 12.4. The highest BCUT2D eigenvalue weighted by Crippen LogP contribution is 2.16. The molecular formula is C12H12N2. The van der Waals surface area contributed by atoms with Crippen molar-refractivity contribution >= 4 is 0 Å². The van der Waals surface area contributed by atoms with E-state index in [4.69, 9.17) is 5.73 Å². The molecule has 1 atom stereocenters. The van der Waals surface area contributed by atoms with E-state index in [2.05, 4.69) is 4.98 Å². The van der Waals surface area contributed by atoms with Gasteiger partial charge in [0.05, 0.1) is 11.7 Å². The second kappa shape index (κ2) is 4.03. The van der Waals surface area contributed by atoms with Gasteiger partial charge in [0.25, 0.3) is 0 Å². The monoisotopic (exact) mass is 184 g/mol. The van der Waals surface area contributed by atoms with Crippen molar-refractivity contribution in [3.8, 4) is 0 Å². The molecule has 0 spiro atoms. The van der Waals surface area contributed by atoms with Gasteiger partial charge in [-0.05, 0) is 17.7 Å². The van der Waals surface area contributed by atoms with E-state index in [-0.39, 0.29) is 6.04 Å². The number of rotatable bonds is 2. The summed E-state index contributed by atoms with van der Waals surface area (Å²) in [6.45, 7) is 0. The summed E-state index contributed by atoms with van der Waals surface area (Å²) in [6, 6.07) is 15.6. The minimum atomic E-state index is -0.127. The van der Waals surface area contributed by atoms with Crippen LogP contribution in [0, 0.1) is 0 Å². The van der Waals surface area contributed by atoms with Gasteiger partial charge in [-0.25, -0.2) is 0 Å². The van der Waals surface area contributed by atoms with Gasteiger partial charge in [0.2, 0.25) is 0 Å². The van der Waals surface area contributed by atoms with Crippen molar-refractivity contribution in [1.82, 2.24) is 4.98 Å². The van der Waals surface area contributed by atoms with E-state index in [1.54, 1.807) is 6.20 Å². The highest BCUT2D eigenvalue weighted by Gasteiger charge is 2.07. The minimum absolute atomic E-state index is 0.127. The third kappa shape index (κ3) is 1.80. The fourth-order valence-corrected chi connectivity index (χ4v) is 1.39. The first kappa shape index (κ1) is 8.91. The van der Waals surface area contributed by atoms with E-state index < -0.39 is 0 Å². The van der Waals surface area contributed by atoms with Crippen LogP contribution in [0.15, 0.2) is 54.7 Å². The van der Waals surface area contributed by atoms with Crippen LogP contribution in [0.1, 0.15) is 17.3 Å². The molecule has 1 heterocycles. The highest BCUT2D eigenvalue weighted by molar-refractivity contribution is 5.26. The van der Waals surface area contributed by atoms with E-state index in [9.17, 15) is 0 Å². The molecule has 0 aliphatic heterocycles. The molecule has 1 aromatic heterocycles. The van der Waals surface area contributed by atoms with Crippen molar-refractivity contribution in [2.45, 2.75) is 6.04 Å². The molecule has 0 saturated carbocycles. The molecule has 0 aliphatic carbocycles. The maximum atomic E-state index is 6.05. The molecule has 70 valence electrons. The molecule has 0 amide bonds. The zero-order valence-electron chi connectivity index (χ0n) is 7.80. The first-order valence-corrected chi connectivity index (χ1v) is 4.59. The summed E-state index contributed by atoms with van der Waals surface area (Å²) in [5.74, 6) is 0. The first-order chi connectivity index (χ1) is 6.88. The Bertz CT molecular complexity index is 344. The Morgan fingerprint density at radius 3 is 2.29 bits per heavy atom. The van der Waals surface area contributed by atoms with Crippen LogP contribution in [0.5, 0.6) is 0 Å². The minimum Gasteiger partial charge on any atom is -0.319 e. The third-order valence-electron chi connectivity index (χ3n) is 2.17. The number of hydrogen-bond acceptors (Lipinski definition) is 2. The van der Waals surface area contributed by atoms with Crippen LogP contribution in [-0.4, -0.2) is 4.98 Å². The van der Waals surface area contributed by atoms with E-state index in [0.717, 1.165) is 11.3 Å². The van der Waals surface area contributed by atoms with Crippen LogP contribution in [0.3, 0.4) is 0 Å². The van der Waals surface area contributed by atoms with Gasteiger partial charge in [0, 0.05) is 6.20 Å². The fourth-order valence-electron chi connectivity index (χ4n) is 1.39. The standard InChI is InChI=1S/C12H12N2/c13-12(10-6-2-1-3-7-10)11-8-4-5-9-14-11/h1-9,12H,13H2/t12-/m1/s1. The predicted octanol–water partition coefficient (Wildman–Crippen LogP) is 2.13. The molecule has 0 saturated heterocycles.